The third-order valence-electron chi connectivity index (χ3n) is 5.95. The zero-order chi connectivity index (χ0) is 25.5. The molecule has 1 aliphatic heterocycles. The lowest BCUT2D eigenvalue weighted by Crippen LogP contribution is -2.39. The minimum atomic E-state index is -1.14. The molecule has 0 aliphatic carbocycles. The van der Waals surface area contributed by atoms with Crippen LogP contribution in [-0.4, -0.2) is 50.7 Å². The molecule has 3 heterocycles. The first-order valence-corrected chi connectivity index (χ1v) is 11.7. The van der Waals surface area contributed by atoms with Crippen molar-refractivity contribution >= 4 is 28.5 Å². The van der Waals surface area contributed by atoms with Gasteiger partial charge in [-0.1, -0.05) is 19.1 Å². The monoisotopic (exact) mass is 479 g/mol. The van der Waals surface area contributed by atoms with Crippen molar-refractivity contribution in [3.05, 3.63) is 58.8 Å². The first-order chi connectivity index (χ1) is 16.5. The van der Waals surface area contributed by atoms with Gasteiger partial charge in [0.1, 0.15) is 5.60 Å². The Balaban J connectivity index is 1.83. The molecule has 2 aromatic heterocycles. The molecule has 2 N–H and O–H groups in total. The van der Waals surface area contributed by atoms with Crippen LogP contribution in [0.25, 0.3) is 27.6 Å². The molecule has 8 heteroatoms. The maximum Gasteiger partial charge on any atom is 0.410 e. The maximum atomic E-state index is 15.8. The van der Waals surface area contributed by atoms with Gasteiger partial charge in [-0.3, -0.25) is 4.98 Å². The lowest BCUT2D eigenvalue weighted by atomic mass is 9.97. The number of ether oxygens (including phenoxy) is 1. The van der Waals surface area contributed by atoms with Crippen molar-refractivity contribution in [2.75, 3.05) is 13.1 Å². The van der Waals surface area contributed by atoms with Gasteiger partial charge in [-0.15, -0.1) is 0 Å². The van der Waals surface area contributed by atoms with Crippen LogP contribution in [0, 0.1) is 12.7 Å². The maximum absolute atomic E-state index is 15.8. The largest absolute Gasteiger partial charge is 0.478 e. The highest BCUT2D eigenvalue weighted by Gasteiger charge is 2.28. The summed E-state index contributed by atoms with van der Waals surface area (Å²) in [6.07, 6.45) is 2.64. The molecular weight excluding hydrogens is 449 g/mol. The van der Waals surface area contributed by atoms with Crippen LogP contribution >= 0.6 is 0 Å². The lowest BCUT2D eigenvalue weighted by molar-refractivity contribution is 0.0272. The second-order valence-corrected chi connectivity index (χ2v) is 9.79. The second-order valence-electron chi connectivity index (χ2n) is 9.79. The Morgan fingerprint density at radius 2 is 1.97 bits per heavy atom. The molecule has 0 bridgehead atoms. The number of hydrogen-bond donors (Lipinski definition) is 2. The van der Waals surface area contributed by atoms with Crippen molar-refractivity contribution in [1.29, 1.82) is 0 Å². The van der Waals surface area contributed by atoms with Crippen LogP contribution in [0.15, 0.2) is 30.3 Å². The summed E-state index contributed by atoms with van der Waals surface area (Å²) in [6.45, 7) is 9.93. The summed E-state index contributed by atoms with van der Waals surface area (Å²) >= 11 is 0. The number of hydrogen-bond acceptors (Lipinski definition) is 4. The number of carboxylic acids is 1. The van der Waals surface area contributed by atoms with Crippen LogP contribution in [0.2, 0.25) is 0 Å². The number of nitrogens with one attached hydrogen (secondary N) is 1. The van der Waals surface area contributed by atoms with Gasteiger partial charge in [-0.25, -0.2) is 14.0 Å². The number of pyridine rings is 1. The molecule has 184 valence electrons. The van der Waals surface area contributed by atoms with E-state index in [0.29, 0.717) is 36.0 Å². The minimum Gasteiger partial charge on any atom is -0.478 e. The van der Waals surface area contributed by atoms with E-state index >= 15 is 4.39 Å². The van der Waals surface area contributed by atoms with Crippen LogP contribution in [0.4, 0.5) is 9.18 Å². The number of rotatable bonds is 4. The summed E-state index contributed by atoms with van der Waals surface area (Å²) < 4.78 is 21.3. The molecule has 0 radical (unpaired) electrons. The van der Waals surface area contributed by atoms with Crippen molar-refractivity contribution in [2.45, 2.75) is 53.1 Å². The zero-order valence-electron chi connectivity index (χ0n) is 20.7. The molecule has 0 atom stereocenters. The fourth-order valence-corrected chi connectivity index (χ4v) is 4.35. The molecule has 4 rings (SSSR count). The predicted molar refractivity (Wildman–Crippen MR) is 133 cm³/mol. The highest BCUT2D eigenvalue weighted by atomic mass is 19.1. The summed E-state index contributed by atoms with van der Waals surface area (Å²) in [5.74, 6) is -1.68. The minimum absolute atomic E-state index is 0.00687. The number of amides is 1. The fraction of sp³-hybridized carbons (Fsp3) is 0.370. The van der Waals surface area contributed by atoms with Gasteiger partial charge < -0.3 is 19.7 Å². The third-order valence-corrected chi connectivity index (χ3v) is 5.95. The summed E-state index contributed by atoms with van der Waals surface area (Å²) in [5.41, 5.74) is 3.72. The van der Waals surface area contributed by atoms with E-state index in [0.717, 1.165) is 17.0 Å². The number of halogens is 1. The van der Waals surface area contributed by atoms with Crippen molar-refractivity contribution in [2.24, 2.45) is 0 Å². The Hall–Kier alpha value is -3.68. The molecule has 0 saturated heterocycles. The number of H-pyrrole nitrogens is 1. The van der Waals surface area contributed by atoms with E-state index in [-0.39, 0.29) is 23.2 Å². The molecule has 0 spiro atoms. The number of carbonyl (C=O) groups excluding carboxylic acids is 1. The molecule has 3 aromatic rings. The topological polar surface area (TPSA) is 95.5 Å². The Morgan fingerprint density at radius 1 is 1.23 bits per heavy atom. The second kappa shape index (κ2) is 9.17. The van der Waals surface area contributed by atoms with Crippen molar-refractivity contribution in [3.63, 3.8) is 0 Å². The van der Waals surface area contributed by atoms with Crippen molar-refractivity contribution < 1.29 is 23.8 Å². The number of aromatic carboxylic acids is 1. The molecular formula is C27H30FN3O4. The molecule has 0 unspecified atom stereocenters. The zero-order valence-corrected chi connectivity index (χ0v) is 20.7. The van der Waals surface area contributed by atoms with E-state index in [1.54, 1.807) is 31.7 Å². The SMILES string of the molecule is CCc1nc(C)ccc1-c1cc(C(=O)O)cc2c(F)c(C3=CCCN(C(=O)OC(C)(C)C)C3)[nH]c12. The van der Waals surface area contributed by atoms with Crippen molar-refractivity contribution in [3.8, 4) is 11.1 Å². The molecule has 1 aromatic carbocycles. The smallest absolute Gasteiger partial charge is 0.410 e. The van der Waals surface area contributed by atoms with Gasteiger partial charge >= 0.3 is 12.1 Å². The first kappa shape index (κ1) is 24.4. The molecule has 0 saturated carbocycles. The van der Waals surface area contributed by atoms with Crippen LogP contribution in [0.1, 0.15) is 61.6 Å². The number of aryl methyl sites for hydroxylation is 2. The molecule has 7 nitrogen and oxygen atoms in total. The highest BCUT2D eigenvalue weighted by molar-refractivity contribution is 6.03. The fourth-order valence-electron chi connectivity index (χ4n) is 4.35. The van der Waals surface area contributed by atoms with Gasteiger partial charge in [-0.2, -0.15) is 0 Å². The number of carboxylic acid groups (broad SMARTS) is 1. The number of nitrogens with zero attached hydrogens (tertiary/aromatic N) is 2. The van der Waals surface area contributed by atoms with Crippen LogP contribution in [0.5, 0.6) is 0 Å². The Kier molecular flexibility index (Phi) is 6.40. The van der Waals surface area contributed by atoms with E-state index in [4.69, 9.17) is 4.74 Å². The molecule has 0 fully saturated rings. The summed E-state index contributed by atoms with van der Waals surface area (Å²) in [4.78, 5) is 33.8. The van der Waals surface area contributed by atoms with Gasteiger partial charge in [0.05, 0.1) is 23.3 Å². The quantitative estimate of drug-likeness (QED) is 0.481. The Bertz CT molecular complexity index is 1350. The Morgan fingerprint density at radius 3 is 2.63 bits per heavy atom. The predicted octanol–water partition coefficient (Wildman–Crippen LogP) is 5.96. The average molecular weight is 480 g/mol. The Labute approximate surface area is 203 Å². The van der Waals surface area contributed by atoms with E-state index < -0.39 is 23.5 Å². The highest BCUT2D eigenvalue weighted by Crippen LogP contribution is 2.37. The first-order valence-electron chi connectivity index (χ1n) is 11.7. The van der Waals surface area contributed by atoms with Gasteiger partial charge in [0.2, 0.25) is 0 Å². The van der Waals surface area contributed by atoms with E-state index in [1.165, 1.54) is 6.07 Å². The third kappa shape index (κ3) is 4.92. The van der Waals surface area contributed by atoms with Gasteiger partial charge in [0, 0.05) is 34.4 Å². The van der Waals surface area contributed by atoms with Crippen molar-refractivity contribution in [1.82, 2.24) is 14.9 Å². The van der Waals surface area contributed by atoms with Gasteiger partial charge in [0.15, 0.2) is 5.82 Å². The van der Waals surface area contributed by atoms with E-state index in [1.807, 2.05) is 32.1 Å². The molecule has 35 heavy (non-hydrogen) atoms. The molecule has 1 aliphatic rings. The summed E-state index contributed by atoms with van der Waals surface area (Å²) in [5, 5.41) is 9.89. The average Bonchev–Trinajstić information content (AvgIpc) is 3.14. The number of aromatic amines is 1. The lowest BCUT2D eigenvalue weighted by Gasteiger charge is -2.30. The van der Waals surface area contributed by atoms with E-state index in [9.17, 15) is 14.7 Å². The number of carbonyl (C=O) groups is 2. The number of benzene rings is 1. The number of fused-ring (bicyclic) bond motifs is 1. The van der Waals surface area contributed by atoms with Gasteiger partial charge in [0.25, 0.3) is 0 Å². The molecule has 1 amide bonds. The normalized spacial score (nSPS) is 14.2. The van der Waals surface area contributed by atoms with Crippen LogP contribution < -0.4 is 0 Å². The van der Waals surface area contributed by atoms with E-state index in [2.05, 4.69) is 9.97 Å². The summed E-state index contributed by atoms with van der Waals surface area (Å²) in [7, 11) is 0. The number of aromatic nitrogens is 2. The van der Waals surface area contributed by atoms with Crippen LogP contribution in [0.3, 0.4) is 0 Å². The van der Waals surface area contributed by atoms with Crippen LogP contribution in [-0.2, 0) is 11.2 Å². The standard InChI is InChI=1S/C27H30FN3O4/c1-6-21-18(10-9-15(2)29-21)19-12-17(25(32)33)13-20-22(28)23(30-24(19)20)16-8-7-11-31(14-16)26(34)35-27(3,4)5/h8-10,12-13,30H,6-7,11,14H2,1-5H3,(H,32,33). The summed E-state index contributed by atoms with van der Waals surface area (Å²) in [6, 6.07) is 6.65. The van der Waals surface area contributed by atoms with Gasteiger partial charge in [-0.05, 0) is 64.3 Å².